The molecule has 232 valence electrons. The molecule has 0 unspecified atom stereocenters. The maximum Gasteiger partial charge on any atom is 0.137 e. The van der Waals surface area contributed by atoms with Gasteiger partial charge in [-0.25, -0.2) is 0 Å². The Labute approximate surface area is 273 Å². The Hall–Kier alpha value is -3.52. The van der Waals surface area contributed by atoms with Crippen LogP contribution in [0.15, 0.2) is 95.4 Å². The minimum absolute atomic E-state index is 0.421. The molecule has 8 aliphatic carbocycles. The van der Waals surface area contributed by atoms with Crippen LogP contribution in [0.25, 0.3) is 21.9 Å². The van der Waals surface area contributed by atoms with E-state index in [-0.39, 0.29) is 0 Å². The predicted molar refractivity (Wildman–Crippen MR) is 188 cm³/mol. The Kier molecular flexibility index (Phi) is 5.49. The Morgan fingerprint density at radius 2 is 0.848 bits per heavy atom. The second kappa shape index (κ2) is 9.52. The van der Waals surface area contributed by atoms with Crippen LogP contribution in [0, 0.1) is 35.5 Å². The minimum Gasteiger partial charge on any atom is -0.456 e. The molecular formula is C44H45NO. The van der Waals surface area contributed by atoms with Crippen LogP contribution in [0.3, 0.4) is 0 Å². The Balaban J connectivity index is 0.990. The van der Waals surface area contributed by atoms with Gasteiger partial charge in [-0.15, -0.1) is 0 Å². The summed E-state index contributed by atoms with van der Waals surface area (Å²) >= 11 is 0. The van der Waals surface area contributed by atoms with Gasteiger partial charge in [0.2, 0.25) is 0 Å². The van der Waals surface area contributed by atoms with E-state index >= 15 is 0 Å². The summed E-state index contributed by atoms with van der Waals surface area (Å²) in [4.78, 5) is 2.47. The average Bonchev–Trinajstić information content (AvgIpc) is 3.42. The second-order valence-electron chi connectivity index (χ2n) is 17.1. The molecule has 8 saturated carbocycles. The molecule has 2 heteroatoms. The molecule has 0 atom stereocenters. The third-order valence-corrected chi connectivity index (χ3v) is 14.2. The number of benzene rings is 4. The van der Waals surface area contributed by atoms with Crippen molar-refractivity contribution >= 4 is 39.0 Å². The number of para-hydroxylation sites is 1. The lowest BCUT2D eigenvalue weighted by atomic mass is 9.48. The van der Waals surface area contributed by atoms with Crippen LogP contribution in [0.4, 0.5) is 17.1 Å². The number of nitrogens with zero attached hydrogens (tertiary/aromatic N) is 1. The first-order chi connectivity index (χ1) is 22.6. The molecule has 8 aliphatic rings. The molecule has 4 aromatic carbocycles. The molecule has 46 heavy (non-hydrogen) atoms. The van der Waals surface area contributed by atoms with Gasteiger partial charge in [0.25, 0.3) is 0 Å². The largest absolute Gasteiger partial charge is 0.456 e. The van der Waals surface area contributed by atoms with Crippen molar-refractivity contribution in [3.05, 3.63) is 102 Å². The number of furan rings is 1. The van der Waals surface area contributed by atoms with Crippen molar-refractivity contribution in [2.24, 2.45) is 35.5 Å². The fraction of sp³-hybridized carbons (Fsp3) is 0.455. The Bertz CT molecular complexity index is 1800. The second-order valence-corrected chi connectivity index (χ2v) is 17.1. The third-order valence-electron chi connectivity index (χ3n) is 14.2. The van der Waals surface area contributed by atoms with Crippen LogP contribution in [0.1, 0.15) is 88.2 Å². The highest BCUT2D eigenvalue weighted by Crippen LogP contribution is 2.62. The topological polar surface area (TPSA) is 16.4 Å². The molecule has 1 heterocycles. The fourth-order valence-corrected chi connectivity index (χ4v) is 13.2. The van der Waals surface area contributed by atoms with Crippen LogP contribution < -0.4 is 4.90 Å². The molecule has 1 aromatic heterocycles. The van der Waals surface area contributed by atoms with Gasteiger partial charge in [0.15, 0.2) is 0 Å². The van der Waals surface area contributed by atoms with Crippen LogP contribution in [0.5, 0.6) is 0 Å². The molecule has 0 aliphatic heterocycles. The average molecular weight is 604 g/mol. The summed E-state index contributed by atoms with van der Waals surface area (Å²) < 4.78 is 6.40. The van der Waals surface area contributed by atoms with Crippen molar-refractivity contribution in [2.45, 2.75) is 87.9 Å². The summed E-state index contributed by atoms with van der Waals surface area (Å²) in [6.45, 7) is 0. The van der Waals surface area contributed by atoms with Gasteiger partial charge >= 0.3 is 0 Å². The smallest absolute Gasteiger partial charge is 0.137 e. The molecule has 2 nitrogen and oxygen atoms in total. The first kappa shape index (κ1) is 26.5. The molecular weight excluding hydrogens is 558 g/mol. The summed E-state index contributed by atoms with van der Waals surface area (Å²) in [5.41, 5.74) is 9.60. The van der Waals surface area contributed by atoms with Gasteiger partial charge in [-0.3, -0.25) is 0 Å². The molecule has 0 saturated heterocycles. The van der Waals surface area contributed by atoms with E-state index in [0.717, 1.165) is 52.4 Å². The van der Waals surface area contributed by atoms with E-state index in [1.807, 2.05) is 0 Å². The molecule has 13 rings (SSSR count). The number of hydrogen-bond acceptors (Lipinski definition) is 2. The highest BCUT2D eigenvalue weighted by molar-refractivity contribution is 6.06. The highest BCUT2D eigenvalue weighted by atomic mass is 16.3. The van der Waals surface area contributed by atoms with E-state index < -0.39 is 0 Å². The third kappa shape index (κ3) is 3.94. The quantitative estimate of drug-likeness (QED) is 0.199. The van der Waals surface area contributed by atoms with Crippen molar-refractivity contribution in [1.82, 2.24) is 0 Å². The Morgan fingerprint density at radius 1 is 0.435 bits per heavy atom. The number of anilines is 3. The van der Waals surface area contributed by atoms with Crippen molar-refractivity contribution in [2.75, 3.05) is 4.90 Å². The molecule has 8 fully saturated rings. The SMILES string of the molecule is c1ccc2c(c1)oc1cc(N(c3ccc(C45CC6CC(CC(C6)C4)C5)cc3)c3ccc(C45CC6CC(CC(C6)C4)C5)cc3)ccc12. The van der Waals surface area contributed by atoms with Gasteiger partial charge in [0.1, 0.15) is 11.2 Å². The lowest BCUT2D eigenvalue weighted by Gasteiger charge is -2.57. The normalized spacial score (nSPS) is 35.4. The van der Waals surface area contributed by atoms with E-state index in [9.17, 15) is 0 Å². The molecule has 0 spiro atoms. The standard InChI is InChI=1S/C44H45NO/c1-2-4-41-39(3-1)40-14-13-38(21-42(40)46-41)45(36-9-5-34(6-10-36)43-22-28-15-29(23-43)17-30(16-28)24-43)37-11-7-35(8-12-37)44-25-31-18-32(26-44)20-33(19-31)27-44/h1-14,21,28-33H,15-20,22-27H2. The van der Waals surface area contributed by atoms with Gasteiger partial charge in [-0.05, 0) is 177 Å². The number of fused-ring (bicyclic) bond motifs is 3. The molecule has 8 bridgehead atoms. The summed E-state index contributed by atoms with van der Waals surface area (Å²) in [6, 6.07) is 34.9. The van der Waals surface area contributed by atoms with Crippen LogP contribution in [0.2, 0.25) is 0 Å². The van der Waals surface area contributed by atoms with Gasteiger partial charge in [0.05, 0.1) is 0 Å². The highest BCUT2D eigenvalue weighted by Gasteiger charge is 2.52. The van der Waals surface area contributed by atoms with E-state index in [1.54, 1.807) is 11.1 Å². The van der Waals surface area contributed by atoms with E-state index in [1.165, 1.54) is 99.2 Å². The zero-order chi connectivity index (χ0) is 30.0. The summed E-state index contributed by atoms with van der Waals surface area (Å²) in [7, 11) is 0. The zero-order valence-corrected chi connectivity index (χ0v) is 27.0. The lowest BCUT2D eigenvalue weighted by molar-refractivity contribution is -0.00529. The molecule has 0 radical (unpaired) electrons. The predicted octanol–water partition coefficient (Wildman–Crippen LogP) is 12.0. The summed E-state index contributed by atoms with van der Waals surface area (Å²) in [6.07, 6.45) is 17.4. The van der Waals surface area contributed by atoms with Gasteiger partial charge < -0.3 is 9.32 Å². The number of rotatable bonds is 5. The minimum atomic E-state index is 0.421. The number of hydrogen-bond donors (Lipinski definition) is 0. The van der Waals surface area contributed by atoms with Crippen LogP contribution in [-0.4, -0.2) is 0 Å². The first-order valence-electron chi connectivity index (χ1n) is 18.5. The van der Waals surface area contributed by atoms with Crippen LogP contribution >= 0.6 is 0 Å². The van der Waals surface area contributed by atoms with Crippen molar-refractivity contribution < 1.29 is 4.42 Å². The molecule has 5 aromatic rings. The summed E-state index contributed by atoms with van der Waals surface area (Å²) in [5, 5.41) is 2.38. The van der Waals surface area contributed by atoms with E-state index in [2.05, 4.69) is 95.9 Å². The van der Waals surface area contributed by atoms with Gasteiger partial charge in [-0.2, -0.15) is 0 Å². The zero-order valence-electron chi connectivity index (χ0n) is 27.0. The van der Waals surface area contributed by atoms with Crippen molar-refractivity contribution in [1.29, 1.82) is 0 Å². The monoisotopic (exact) mass is 603 g/mol. The van der Waals surface area contributed by atoms with Crippen molar-refractivity contribution in [3.8, 4) is 0 Å². The van der Waals surface area contributed by atoms with Crippen LogP contribution in [-0.2, 0) is 10.8 Å². The maximum atomic E-state index is 6.40. The van der Waals surface area contributed by atoms with E-state index in [4.69, 9.17) is 4.42 Å². The van der Waals surface area contributed by atoms with Gasteiger partial charge in [0, 0.05) is 33.9 Å². The molecule has 0 amide bonds. The summed E-state index contributed by atoms with van der Waals surface area (Å²) in [5.74, 6) is 5.78. The van der Waals surface area contributed by atoms with Gasteiger partial charge in [-0.1, -0.05) is 42.5 Å². The lowest BCUT2D eigenvalue weighted by Crippen LogP contribution is -2.48. The fourth-order valence-electron chi connectivity index (χ4n) is 13.2. The van der Waals surface area contributed by atoms with E-state index in [0.29, 0.717) is 10.8 Å². The van der Waals surface area contributed by atoms with Crippen molar-refractivity contribution in [3.63, 3.8) is 0 Å². The first-order valence-corrected chi connectivity index (χ1v) is 18.5. The maximum absolute atomic E-state index is 6.40. The molecule has 0 N–H and O–H groups in total. The Morgan fingerprint density at radius 3 is 1.33 bits per heavy atom.